The van der Waals surface area contributed by atoms with Crippen LogP contribution in [0.4, 0.5) is 10.1 Å². The molecule has 4 rings (SSSR count). The van der Waals surface area contributed by atoms with Crippen LogP contribution in [0.3, 0.4) is 0 Å². The molecule has 4 aromatic rings. The molecule has 0 saturated carbocycles. The maximum atomic E-state index is 13.5. The molecule has 0 spiro atoms. The zero-order valence-corrected chi connectivity index (χ0v) is 20.6. The molecule has 0 aliphatic rings. The largest absolute Gasteiger partial charge is 0.494 e. The van der Waals surface area contributed by atoms with Crippen molar-refractivity contribution in [2.75, 3.05) is 11.9 Å². The van der Waals surface area contributed by atoms with E-state index >= 15 is 0 Å². The van der Waals surface area contributed by atoms with Crippen molar-refractivity contribution >= 4 is 33.9 Å². The number of halogens is 1. The predicted octanol–water partition coefficient (Wildman–Crippen LogP) is 6.03. The van der Waals surface area contributed by atoms with Gasteiger partial charge in [-0.15, -0.1) is 0 Å². The molecule has 0 aliphatic carbocycles. The van der Waals surface area contributed by atoms with Gasteiger partial charge in [-0.2, -0.15) is 0 Å². The number of benzene rings is 3. The van der Waals surface area contributed by atoms with Crippen molar-refractivity contribution in [1.82, 2.24) is 9.88 Å². The van der Waals surface area contributed by atoms with Crippen molar-refractivity contribution in [3.63, 3.8) is 0 Å². The normalized spacial score (nSPS) is 10.8. The number of ether oxygens (including phenoxy) is 1. The third kappa shape index (κ3) is 6.05. The lowest BCUT2D eigenvalue weighted by atomic mass is 10.1. The summed E-state index contributed by atoms with van der Waals surface area (Å²) in [5, 5.41) is 4.71. The number of pyridine rings is 1. The fourth-order valence-electron chi connectivity index (χ4n) is 3.96. The third-order valence-electron chi connectivity index (χ3n) is 5.78. The molecule has 5 nitrogen and oxygen atoms in total. The van der Waals surface area contributed by atoms with E-state index in [1.54, 1.807) is 12.1 Å². The number of anilines is 1. The first-order valence-electron chi connectivity index (χ1n) is 11.6. The van der Waals surface area contributed by atoms with Crippen molar-refractivity contribution in [2.24, 2.45) is 0 Å². The molecule has 0 atom stereocenters. The van der Waals surface area contributed by atoms with Gasteiger partial charge < -0.3 is 19.9 Å². The Morgan fingerprint density at radius 1 is 1.00 bits per heavy atom. The van der Waals surface area contributed by atoms with E-state index in [0.717, 1.165) is 39.9 Å². The fourth-order valence-corrected chi connectivity index (χ4v) is 4.20. The average Bonchev–Trinajstić information content (AvgIpc) is 2.86. The summed E-state index contributed by atoms with van der Waals surface area (Å²) in [5.41, 5.74) is 4.09. The summed E-state index contributed by atoms with van der Waals surface area (Å²) in [4.78, 5) is 17.8. The summed E-state index contributed by atoms with van der Waals surface area (Å²) in [6.07, 6.45) is 0.857. The zero-order chi connectivity index (χ0) is 24.8. The lowest BCUT2D eigenvalue weighted by Crippen LogP contribution is -2.35. The molecule has 1 aromatic heterocycles. The number of hydrogen-bond acceptors (Lipinski definition) is 3. The molecule has 0 radical (unpaired) electrons. The summed E-state index contributed by atoms with van der Waals surface area (Å²) in [5.74, 6) is 0.448. The van der Waals surface area contributed by atoms with Gasteiger partial charge in [0.25, 0.3) is 5.56 Å². The Kier molecular flexibility index (Phi) is 7.77. The number of fused-ring (bicyclic) bond motifs is 1. The molecule has 0 aliphatic heterocycles. The second-order valence-electron chi connectivity index (χ2n) is 8.23. The van der Waals surface area contributed by atoms with Gasteiger partial charge in [-0.05, 0) is 79.2 Å². The molecule has 0 unspecified atom stereocenters. The maximum absolute atomic E-state index is 13.5. The topological polar surface area (TPSA) is 57.4 Å². The van der Waals surface area contributed by atoms with Crippen molar-refractivity contribution in [1.29, 1.82) is 0 Å². The van der Waals surface area contributed by atoms with Crippen molar-refractivity contribution in [2.45, 2.75) is 33.4 Å². The number of aryl methyl sites for hydroxylation is 1. The van der Waals surface area contributed by atoms with Crippen LogP contribution < -0.4 is 15.6 Å². The number of aromatic nitrogens is 1. The molecule has 7 heteroatoms. The molecule has 0 amide bonds. The van der Waals surface area contributed by atoms with E-state index in [2.05, 4.69) is 23.3 Å². The number of nitrogens with one attached hydrogen (secondary N) is 2. The van der Waals surface area contributed by atoms with Crippen LogP contribution in [0.25, 0.3) is 10.9 Å². The number of thiocarbonyl (C=S) groups is 1. The first-order chi connectivity index (χ1) is 17.0. The van der Waals surface area contributed by atoms with Crippen LogP contribution >= 0.6 is 12.2 Å². The van der Waals surface area contributed by atoms with Crippen LogP contribution in [0.1, 0.15) is 30.5 Å². The van der Waals surface area contributed by atoms with Crippen molar-refractivity contribution < 1.29 is 9.13 Å². The van der Waals surface area contributed by atoms with E-state index in [0.29, 0.717) is 23.8 Å². The molecule has 180 valence electrons. The van der Waals surface area contributed by atoms with E-state index in [9.17, 15) is 9.18 Å². The highest BCUT2D eigenvalue weighted by Crippen LogP contribution is 2.21. The van der Waals surface area contributed by atoms with Crippen LogP contribution in [0.2, 0.25) is 0 Å². The Balaban J connectivity index is 1.66. The summed E-state index contributed by atoms with van der Waals surface area (Å²) < 4.78 is 19.1. The summed E-state index contributed by atoms with van der Waals surface area (Å²) in [6, 6.07) is 21.8. The Morgan fingerprint density at radius 2 is 1.77 bits per heavy atom. The van der Waals surface area contributed by atoms with E-state index in [4.69, 9.17) is 17.0 Å². The number of rotatable bonds is 8. The smallest absolute Gasteiger partial charge is 0.253 e. The Bertz CT molecular complexity index is 1390. The first kappa shape index (κ1) is 24.4. The number of aromatic amines is 1. The van der Waals surface area contributed by atoms with Crippen LogP contribution in [-0.4, -0.2) is 21.6 Å². The summed E-state index contributed by atoms with van der Waals surface area (Å²) >= 11 is 5.79. The molecule has 1 heterocycles. The second kappa shape index (κ2) is 11.1. The lowest BCUT2D eigenvalue weighted by molar-refractivity contribution is 0.340. The molecular formula is C28H28FN3O2S. The molecule has 0 fully saturated rings. The van der Waals surface area contributed by atoms with Gasteiger partial charge in [0, 0.05) is 28.7 Å². The standard InChI is InChI=1S/C28H28FN3O2S/c1-3-20-7-5-6-8-25(20)31-28(35)32(17-19-9-11-23(29)12-10-19)18-22-15-21-16-24(34-4-2)13-14-26(21)30-27(22)33/h5-16H,3-4,17-18H2,1-2H3,(H,30,33)(H,31,35). The highest BCUT2D eigenvalue weighted by atomic mass is 32.1. The number of nitrogens with zero attached hydrogens (tertiary/aromatic N) is 1. The minimum absolute atomic E-state index is 0.178. The fraction of sp³-hybridized carbons (Fsp3) is 0.214. The van der Waals surface area contributed by atoms with Crippen molar-refractivity contribution in [3.05, 3.63) is 106 Å². The molecule has 0 bridgehead atoms. The minimum Gasteiger partial charge on any atom is -0.494 e. The maximum Gasteiger partial charge on any atom is 0.253 e. The van der Waals surface area contributed by atoms with Crippen LogP contribution in [0.15, 0.2) is 77.6 Å². The van der Waals surface area contributed by atoms with Crippen LogP contribution in [-0.2, 0) is 19.5 Å². The zero-order valence-electron chi connectivity index (χ0n) is 19.8. The molecule has 2 N–H and O–H groups in total. The summed E-state index contributed by atoms with van der Waals surface area (Å²) in [7, 11) is 0. The number of H-pyrrole nitrogens is 1. The van der Waals surface area contributed by atoms with Crippen LogP contribution in [0, 0.1) is 5.82 Å². The van der Waals surface area contributed by atoms with Gasteiger partial charge in [0.05, 0.1) is 13.2 Å². The third-order valence-corrected chi connectivity index (χ3v) is 6.14. The van der Waals surface area contributed by atoms with E-state index in [1.807, 2.05) is 54.3 Å². The molecule has 3 aromatic carbocycles. The minimum atomic E-state index is -0.297. The highest BCUT2D eigenvalue weighted by Gasteiger charge is 2.16. The average molecular weight is 490 g/mol. The van der Waals surface area contributed by atoms with E-state index in [1.165, 1.54) is 12.1 Å². The molecule has 0 saturated heterocycles. The van der Waals surface area contributed by atoms with Gasteiger partial charge in [0.2, 0.25) is 0 Å². The van der Waals surface area contributed by atoms with Gasteiger partial charge in [-0.25, -0.2) is 4.39 Å². The lowest BCUT2D eigenvalue weighted by Gasteiger charge is -2.27. The Morgan fingerprint density at radius 3 is 2.51 bits per heavy atom. The van der Waals surface area contributed by atoms with Crippen molar-refractivity contribution in [3.8, 4) is 5.75 Å². The van der Waals surface area contributed by atoms with Gasteiger partial charge in [0.15, 0.2) is 5.11 Å². The number of para-hydroxylation sites is 1. The predicted molar refractivity (Wildman–Crippen MR) is 143 cm³/mol. The van der Waals surface area contributed by atoms with Gasteiger partial charge in [0.1, 0.15) is 11.6 Å². The quantitative estimate of drug-likeness (QED) is 0.296. The number of hydrogen-bond donors (Lipinski definition) is 2. The first-order valence-corrected chi connectivity index (χ1v) is 12.0. The van der Waals surface area contributed by atoms with Gasteiger partial charge in [-0.1, -0.05) is 37.3 Å². The van der Waals surface area contributed by atoms with Gasteiger partial charge in [-0.3, -0.25) is 4.79 Å². The van der Waals surface area contributed by atoms with Gasteiger partial charge >= 0.3 is 0 Å². The summed E-state index contributed by atoms with van der Waals surface area (Å²) in [6.45, 7) is 5.27. The van der Waals surface area contributed by atoms with E-state index < -0.39 is 0 Å². The molecular weight excluding hydrogens is 461 g/mol. The molecule has 35 heavy (non-hydrogen) atoms. The Hall–Kier alpha value is -3.71. The van der Waals surface area contributed by atoms with Crippen LogP contribution in [0.5, 0.6) is 5.75 Å². The Labute approximate surface area is 209 Å². The highest BCUT2D eigenvalue weighted by molar-refractivity contribution is 7.80. The second-order valence-corrected chi connectivity index (χ2v) is 8.62. The van der Waals surface area contributed by atoms with E-state index in [-0.39, 0.29) is 17.9 Å². The SMILES string of the molecule is CCOc1ccc2[nH]c(=O)c(CN(Cc3ccc(F)cc3)C(=S)Nc3ccccc3CC)cc2c1. The monoisotopic (exact) mass is 489 g/mol.